The molecular formula is C30H48O3. The fourth-order valence-corrected chi connectivity index (χ4v) is 11.1. The summed E-state index contributed by atoms with van der Waals surface area (Å²) in [6, 6.07) is 0. The van der Waals surface area contributed by atoms with Crippen LogP contribution in [0.1, 0.15) is 106 Å². The van der Waals surface area contributed by atoms with E-state index in [2.05, 4.69) is 55.0 Å². The van der Waals surface area contributed by atoms with Gasteiger partial charge in [-0.1, -0.05) is 46.8 Å². The van der Waals surface area contributed by atoms with Gasteiger partial charge in [-0.15, -0.1) is 0 Å². The van der Waals surface area contributed by atoms with Gasteiger partial charge in [0, 0.05) is 11.8 Å². The first kappa shape index (κ1) is 24.0. The van der Waals surface area contributed by atoms with Gasteiger partial charge in [-0.2, -0.15) is 0 Å². The molecule has 5 saturated carbocycles. The molecule has 0 aromatic rings. The minimum atomic E-state index is -1.02. The fraction of sp³-hybridized carbons (Fsp3) is 0.900. The van der Waals surface area contributed by atoms with Crippen molar-refractivity contribution in [3.63, 3.8) is 0 Å². The molecule has 5 aliphatic rings. The summed E-state index contributed by atoms with van der Waals surface area (Å²) in [7, 11) is 0. The van der Waals surface area contributed by atoms with Crippen LogP contribution >= 0.6 is 0 Å². The Hall–Kier alpha value is -0.670. The molecule has 5 fully saturated rings. The third kappa shape index (κ3) is 2.52. The van der Waals surface area contributed by atoms with Crippen LogP contribution in [0.4, 0.5) is 0 Å². The van der Waals surface area contributed by atoms with Crippen molar-refractivity contribution >= 4 is 5.78 Å². The molecule has 0 aromatic heterocycles. The zero-order chi connectivity index (χ0) is 24.4. The predicted octanol–water partition coefficient (Wildman–Crippen LogP) is 6.32. The Labute approximate surface area is 201 Å². The van der Waals surface area contributed by atoms with E-state index in [1.165, 1.54) is 18.4 Å². The third-order valence-corrected chi connectivity index (χ3v) is 13.5. The van der Waals surface area contributed by atoms with Gasteiger partial charge in [0.2, 0.25) is 0 Å². The first-order valence-electron chi connectivity index (χ1n) is 13.7. The summed E-state index contributed by atoms with van der Waals surface area (Å²) in [5.41, 5.74) is -1.03. The number of carbonyl (C=O) groups excluding carboxylic acids is 1. The van der Waals surface area contributed by atoms with Gasteiger partial charge in [-0.3, -0.25) is 4.79 Å². The van der Waals surface area contributed by atoms with Crippen molar-refractivity contribution in [3.05, 3.63) is 12.2 Å². The smallest absolute Gasteiger partial charge is 0.142 e. The highest BCUT2D eigenvalue weighted by molar-refractivity contribution is 5.89. The molecule has 2 N–H and O–H groups in total. The third-order valence-electron chi connectivity index (χ3n) is 13.5. The Morgan fingerprint density at radius 3 is 2.21 bits per heavy atom. The maximum absolute atomic E-state index is 14.3. The SMILES string of the molecule is C=C(C)[C@@H]1CC[C@]2(C)CC[C@]3(C)[C@H](CC[C@@]4(O)[C@@]3(C)C(=O)C[C@H]3C(C)(C)[C@@H](O)CC[C@@]34C)[C@H]12. The topological polar surface area (TPSA) is 57.5 Å². The quantitative estimate of drug-likeness (QED) is 0.454. The number of hydrogen-bond donors (Lipinski definition) is 2. The van der Waals surface area contributed by atoms with Crippen LogP contribution in [0.15, 0.2) is 12.2 Å². The van der Waals surface area contributed by atoms with Crippen LogP contribution in [0.25, 0.3) is 0 Å². The summed E-state index contributed by atoms with van der Waals surface area (Å²) in [6.07, 6.45) is 7.99. The number of aliphatic hydroxyl groups excluding tert-OH is 1. The second-order valence-electron chi connectivity index (χ2n) is 14.7. The highest BCUT2D eigenvalue weighted by Gasteiger charge is 2.78. The maximum atomic E-state index is 14.3. The molecule has 5 aliphatic carbocycles. The average molecular weight is 457 g/mol. The van der Waals surface area contributed by atoms with Crippen LogP contribution in [0.3, 0.4) is 0 Å². The summed E-state index contributed by atoms with van der Waals surface area (Å²) < 4.78 is 0. The van der Waals surface area contributed by atoms with Crippen molar-refractivity contribution < 1.29 is 15.0 Å². The van der Waals surface area contributed by atoms with Gasteiger partial charge in [0.25, 0.3) is 0 Å². The molecule has 0 bridgehead atoms. The van der Waals surface area contributed by atoms with E-state index in [4.69, 9.17) is 0 Å². The monoisotopic (exact) mass is 456 g/mol. The normalized spacial score (nSPS) is 57.5. The van der Waals surface area contributed by atoms with E-state index in [9.17, 15) is 15.0 Å². The Balaban J connectivity index is 1.64. The summed E-state index contributed by atoms with van der Waals surface area (Å²) in [4.78, 5) is 14.3. The molecule has 33 heavy (non-hydrogen) atoms. The standard InChI is InChI=1S/C30H48O3/c1-18(2)19-9-12-26(5)15-16-27(6)20(24(19)26)10-14-30(33)28(7)13-11-22(31)25(3,4)21(28)17-23(32)29(27,30)8/h19-22,24,31,33H,1,9-17H2,2-8H3/t19-,20+,21-,22-,24-,26+,27+,28-,29-,30-/m0/s1. The van der Waals surface area contributed by atoms with Crippen molar-refractivity contribution in [1.29, 1.82) is 0 Å². The minimum absolute atomic E-state index is 0.0166. The number of ketones is 1. The number of allylic oxidation sites excluding steroid dienone is 1. The van der Waals surface area contributed by atoms with E-state index in [1.807, 2.05) is 0 Å². The van der Waals surface area contributed by atoms with Crippen molar-refractivity contribution in [2.75, 3.05) is 0 Å². The highest BCUT2D eigenvalue weighted by Crippen LogP contribution is 2.77. The Bertz CT molecular complexity index is 891. The molecule has 0 spiro atoms. The molecule has 0 radical (unpaired) electrons. The zero-order valence-electron chi connectivity index (χ0n) is 22.3. The molecule has 0 aromatic carbocycles. The van der Waals surface area contributed by atoms with Crippen LogP contribution in [-0.4, -0.2) is 27.7 Å². The van der Waals surface area contributed by atoms with Gasteiger partial charge in [-0.05, 0) is 105 Å². The van der Waals surface area contributed by atoms with Gasteiger partial charge in [0.15, 0.2) is 0 Å². The fourth-order valence-electron chi connectivity index (χ4n) is 11.1. The Kier molecular flexibility index (Phi) is 4.92. The largest absolute Gasteiger partial charge is 0.393 e. The number of carbonyl (C=O) groups is 1. The second kappa shape index (κ2) is 6.75. The number of Topliss-reactive ketones (excluding diaryl/α,β-unsaturated/α-hetero) is 1. The van der Waals surface area contributed by atoms with Crippen LogP contribution in [0.2, 0.25) is 0 Å². The molecular weight excluding hydrogens is 408 g/mol. The molecule has 3 heteroatoms. The molecule has 186 valence electrons. The lowest BCUT2D eigenvalue weighted by Gasteiger charge is -2.74. The van der Waals surface area contributed by atoms with E-state index in [-0.39, 0.29) is 27.9 Å². The number of rotatable bonds is 1. The minimum Gasteiger partial charge on any atom is -0.393 e. The molecule has 0 aliphatic heterocycles. The summed E-state index contributed by atoms with van der Waals surface area (Å²) in [5, 5.41) is 23.7. The highest BCUT2D eigenvalue weighted by atomic mass is 16.3. The summed E-state index contributed by atoms with van der Waals surface area (Å²) >= 11 is 0. The van der Waals surface area contributed by atoms with E-state index in [0.29, 0.717) is 42.4 Å². The van der Waals surface area contributed by atoms with E-state index in [0.717, 1.165) is 25.7 Å². The van der Waals surface area contributed by atoms with Crippen molar-refractivity contribution in [2.45, 2.75) is 118 Å². The average Bonchev–Trinajstić information content (AvgIpc) is 3.09. The van der Waals surface area contributed by atoms with E-state index < -0.39 is 17.1 Å². The van der Waals surface area contributed by atoms with Crippen LogP contribution in [0, 0.1) is 50.7 Å². The molecule has 3 nitrogen and oxygen atoms in total. The lowest BCUT2D eigenvalue weighted by atomic mass is 9.30. The van der Waals surface area contributed by atoms with E-state index in [1.54, 1.807) is 0 Å². The van der Waals surface area contributed by atoms with Gasteiger partial charge >= 0.3 is 0 Å². The van der Waals surface area contributed by atoms with Gasteiger partial charge in [0.1, 0.15) is 5.78 Å². The van der Waals surface area contributed by atoms with Crippen molar-refractivity contribution in [1.82, 2.24) is 0 Å². The molecule has 0 heterocycles. The Morgan fingerprint density at radius 1 is 0.909 bits per heavy atom. The van der Waals surface area contributed by atoms with Crippen molar-refractivity contribution in [3.8, 4) is 0 Å². The van der Waals surface area contributed by atoms with Crippen LogP contribution in [0.5, 0.6) is 0 Å². The van der Waals surface area contributed by atoms with Crippen LogP contribution < -0.4 is 0 Å². The van der Waals surface area contributed by atoms with Gasteiger partial charge < -0.3 is 10.2 Å². The van der Waals surface area contributed by atoms with Crippen molar-refractivity contribution in [2.24, 2.45) is 50.7 Å². The zero-order valence-corrected chi connectivity index (χ0v) is 22.3. The summed E-state index contributed by atoms with van der Waals surface area (Å²) in [6.45, 7) is 20.1. The second-order valence-corrected chi connectivity index (χ2v) is 14.7. The Morgan fingerprint density at radius 2 is 1.58 bits per heavy atom. The first-order chi connectivity index (χ1) is 15.1. The molecule has 0 amide bonds. The number of hydrogen-bond acceptors (Lipinski definition) is 3. The lowest BCUT2D eigenvalue weighted by molar-refractivity contribution is -0.305. The van der Waals surface area contributed by atoms with E-state index >= 15 is 0 Å². The molecule has 10 atom stereocenters. The first-order valence-corrected chi connectivity index (χ1v) is 13.7. The van der Waals surface area contributed by atoms with Crippen LogP contribution in [-0.2, 0) is 4.79 Å². The lowest BCUT2D eigenvalue weighted by Crippen LogP contribution is -2.78. The predicted molar refractivity (Wildman–Crippen MR) is 132 cm³/mol. The summed E-state index contributed by atoms with van der Waals surface area (Å²) in [5.74, 6) is 1.84. The van der Waals surface area contributed by atoms with Gasteiger partial charge in [-0.25, -0.2) is 0 Å². The molecule has 5 rings (SSSR count). The molecule has 0 unspecified atom stereocenters. The number of aliphatic hydroxyl groups is 2. The number of fused-ring (bicyclic) bond motifs is 7. The van der Waals surface area contributed by atoms with Gasteiger partial charge in [0.05, 0.1) is 17.1 Å². The molecule has 0 saturated heterocycles. The maximum Gasteiger partial charge on any atom is 0.142 e.